The van der Waals surface area contributed by atoms with Crippen LogP contribution in [0.2, 0.25) is 0 Å². The van der Waals surface area contributed by atoms with Gasteiger partial charge in [0, 0.05) is 39.5 Å². The summed E-state index contributed by atoms with van der Waals surface area (Å²) in [5.74, 6) is 0. The molecule has 356 valence electrons. The van der Waals surface area contributed by atoms with Gasteiger partial charge in [-0.25, -0.2) is 0 Å². The molecule has 0 saturated heterocycles. The van der Waals surface area contributed by atoms with Crippen LogP contribution >= 0.6 is 0 Å². The molecule has 0 saturated carbocycles. The second kappa shape index (κ2) is 14.3. The number of anilines is 6. The summed E-state index contributed by atoms with van der Waals surface area (Å²) in [6, 6.07) is 42.1. The molecule has 0 atom stereocenters. The van der Waals surface area contributed by atoms with Gasteiger partial charge < -0.3 is 9.80 Å². The lowest BCUT2D eigenvalue weighted by Gasteiger charge is -2.48. The van der Waals surface area contributed by atoms with Gasteiger partial charge in [-0.05, 0) is 185 Å². The first-order chi connectivity index (χ1) is 31.9. The molecule has 0 N–H and O–H groups in total. The summed E-state index contributed by atoms with van der Waals surface area (Å²) in [5, 5.41) is 0. The molecule has 0 amide bonds. The Kier molecular flexibility index (Phi) is 9.63. The van der Waals surface area contributed by atoms with Crippen molar-refractivity contribution in [2.24, 2.45) is 0 Å². The van der Waals surface area contributed by atoms with Crippen LogP contribution in [0, 0.1) is 6.92 Å². The summed E-state index contributed by atoms with van der Waals surface area (Å²) in [4.78, 5) is 5.46. The molecular formula is C66H79BN2. The van der Waals surface area contributed by atoms with Crippen LogP contribution in [0.5, 0.6) is 0 Å². The van der Waals surface area contributed by atoms with Gasteiger partial charge in [-0.1, -0.05) is 178 Å². The van der Waals surface area contributed by atoms with Crippen LogP contribution in [0.15, 0.2) is 103 Å². The van der Waals surface area contributed by atoms with Gasteiger partial charge in [-0.3, -0.25) is 0 Å². The van der Waals surface area contributed by atoms with Gasteiger partial charge in [0.2, 0.25) is 0 Å². The number of hydrogen-bond donors (Lipinski definition) is 0. The zero-order valence-electron chi connectivity index (χ0n) is 45.6. The first kappa shape index (κ1) is 46.4. The zero-order valence-corrected chi connectivity index (χ0v) is 45.6. The fourth-order valence-corrected chi connectivity index (χ4v) is 14.9. The van der Waals surface area contributed by atoms with Crippen LogP contribution in [0.3, 0.4) is 0 Å². The maximum Gasteiger partial charge on any atom is 0.252 e. The van der Waals surface area contributed by atoms with Crippen molar-refractivity contribution in [1.82, 2.24) is 0 Å². The second-order valence-electron chi connectivity index (χ2n) is 28.1. The van der Waals surface area contributed by atoms with E-state index in [1.54, 1.807) is 0 Å². The van der Waals surface area contributed by atoms with Crippen molar-refractivity contribution < 1.29 is 0 Å². The van der Waals surface area contributed by atoms with Crippen molar-refractivity contribution in [3.8, 4) is 0 Å². The van der Waals surface area contributed by atoms with E-state index >= 15 is 0 Å². The number of rotatable bonds is 4. The van der Waals surface area contributed by atoms with E-state index in [9.17, 15) is 0 Å². The van der Waals surface area contributed by atoms with Gasteiger partial charge in [0.1, 0.15) is 0 Å². The minimum absolute atomic E-state index is 0.0223. The zero-order chi connectivity index (χ0) is 49.6. The maximum absolute atomic E-state index is 2.77. The summed E-state index contributed by atoms with van der Waals surface area (Å²) in [5.41, 5.74) is 26.7. The van der Waals surface area contributed by atoms with E-state index in [1.165, 1.54) is 119 Å². The van der Waals surface area contributed by atoms with Crippen LogP contribution in [0.25, 0.3) is 0 Å². The Bertz CT molecular complexity index is 3150. The molecule has 5 aliphatic rings. The molecule has 69 heavy (non-hydrogen) atoms. The van der Waals surface area contributed by atoms with Crippen LogP contribution in [-0.2, 0) is 43.3 Å². The van der Waals surface area contributed by atoms with E-state index in [0.29, 0.717) is 0 Å². The number of hydrogen-bond acceptors (Lipinski definition) is 2. The molecule has 2 aliphatic heterocycles. The third-order valence-corrected chi connectivity index (χ3v) is 18.6. The Morgan fingerprint density at radius 2 is 0.913 bits per heavy atom. The fraction of sp³-hybridized carbons (Fsp3) is 0.455. The van der Waals surface area contributed by atoms with Gasteiger partial charge in [0.05, 0.1) is 0 Å². The Morgan fingerprint density at radius 3 is 1.52 bits per heavy atom. The van der Waals surface area contributed by atoms with Gasteiger partial charge in [-0.15, -0.1) is 0 Å². The van der Waals surface area contributed by atoms with Crippen molar-refractivity contribution in [3.63, 3.8) is 0 Å². The SMILES string of the molecule is Cc1cc2c(cc1N1c3cc4c(cc3B3c5cc(C(C)(C)c6ccccc6)ccc5N(c5ccc6c(c5)C(C)(C)CC6(C)C)c5cc(C(C)(C)C)cc1c53)C(C)(C)CCC4(C)C)C(C)(C)CC2(C)C. The molecule has 0 fully saturated rings. The average molecular weight is 911 g/mol. The Balaban J connectivity index is 1.29. The minimum Gasteiger partial charge on any atom is -0.311 e. The van der Waals surface area contributed by atoms with Crippen LogP contribution in [0.1, 0.15) is 199 Å². The summed E-state index contributed by atoms with van der Waals surface area (Å²) in [7, 11) is 0. The molecule has 0 aromatic heterocycles. The molecule has 11 rings (SSSR count). The molecule has 2 heterocycles. The summed E-state index contributed by atoms with van der Waals surface area (Å²) in [6.45, 7) is 44.2. The monoisotopic (exact) mass is 911 g/mol. The standard InChI is InChI=1S/C66H79BN2/c1-40-30-46-50(65(15,16)39-63(46,11)12)36-54(40)69-55-37-49-48(60(5,6)28-29-61(49,7)8)35-52(55)67-51-31-42(66(17,18)41-22-20-19-21-23-41)24-27-53(51)68(56-32-43(59(2,3)4)33-57(69)58(56)67)44-25-26-45-47(34-44)64(13,14)38-62(45,9)10/h19-27,30-37H,28-29,38-39H2,1-18H3. The van der Waals surface area contributed by atoms with Crippen molar-refractivity contribution in [3.05, 3.63) is 159 Å². The first-order valence-corrected chi connectivity index (χ1v) is 26.4. The highest BCUT2D eigenvalue weighted by Crippen LogP contribution is 2.56. The molecule has 0 radical (unpaired) electrons. The Morgan fingerprint density at radius 1 is 0.406 bits per heavy atom. The number of nitrogens with zero attached hydrogens (tertiary/aromatic N) is 2. The smallest absolute Gasteiger partial charge is 0.252 e. The van der Waals surface area contributed by atoms with E-state index in [2.05, 4.69) is 238 Å². The number of fused-ring (bicyclic) bond motifs is 7. The molecule has 6 aromatic rings. The van der Waals surface area contributed by atoms with E-state index in [4.69, 9.17) is 0 Å². The van der Waals surface area contributed by atoms with Crippen LogP contribution < -0.4 is 26.2 Å². The van der Waals surface area contributed by atoms with Gasteiger partial charge in [0.25, 0.3) is 6.71 Å². The molecular weight excluding hydrogens is 832 g/mol. The lowest BCUT2D eigenvalue weighted by Crippen LogP contribution is -2.62. The maximum atomic E-state index is 2.77. The fourth-order valence-electron chi connectivity index (χ4n) is 14.9. The van der Waals surface area contributed by atoms with Crippen molar-refractivity contribution >= 4 is 57.2 Å². The topological polar surface area (TPSA) is 6.48 Å². The van der Waals surface area contributed by atoms with E-state index < -0.39 is 0 Å². The highest BCUT2D eigenvalue weighted by molar-refractivity contribution is 7.00. The number of aryl methyl sites for hydroxylation is 1. The predicted octanol–water partition coefficient (Wildman–Crippen LogP) is 16.0. The first-order valence-electron chi connectivity index (χ1n) is 26.4. The molecule has 0 bridgehead atoms. The van der Waals surface area contributed by atoms with Crippen LogP contribution in [-0.4, -0.2) is 6.71 Å². The highest BCUT2D eigenvalue weighted by Gasteiger charge is 2.50. The lowest BCUT2D eigenvalue weighted by molar-refractivity contribution is 0.332. The second-order valence-corrected chi connectivity index (χ2v) is 28.1. The summed E-state index contributed by atoms with van der Waals surface area (Å²) >= 11 is 0. The third-order valence-electron chi connectivity index (χ3n) is 18.6. The normalized spacial score (nSPS) is 20.4. The van der Waals surface area contributed by atoms with Gasteiger partial charge in [-0.2, -0.15) is 0 Å². The lowest BCUT2D eigenvalue weighted by atomic mass is 9.32. The quantitative estimate of drug-likeness (QED) is 0.162. The number of benzene rings is 6. The summed E-state index contributed by atoms with van der Waals surface area (Å²) < 4.78 is 0. The van der Waals surface area contributed by atoms with E-state index in [-0.39, 0.29) is 50.0 Å². The summed E-state index contributed by atoms with van der Waals surface area (Å²) in [6.07, 6.45) is 4.64. The van der Waals surface area contributed by atoms with E-state index in [0.717, 1.165) is 12.8 Å². The predicted molar refractivity (Wildman–Crippen MR) is 299 cm³/mol. The third kappa shape index (κ3) is 6.77. The van der Waals surface area contributed by atoms with Gasteiger partial charge in [0.15, 0.2) is 0 Å². The van der Waals surface area contributed by atoms with Crippen molar-refractivity contribution in [1.29, 1.82) is 0 Å². The van der Waals surface area contributed by atoms with Gasteiger partial charge >= 0.3 is 0 Å². The average Bonchev–Trinajstić information content (AvgIpc) is 3.57. The van der Waals surface area contributed by atoms with Crippen molar-refractivity contribution in [2.45, 2.75) is 194 Å². The molecule has 6 aromatic carbocycles. The van der Waals surface area contributed by atoms with Crippen molar-refractivity contribution in [2.75, 3.05) is 9.80 Å². The van der Waals surface area contributed by atoms with Crippen LogP contribution in [0.4, 0.5) is 34.1 Å². The highest BCUT2D eigenvalue weighted by atomic mass is 15.2. The molecule has 3 heteroatoms. The Labute approximate surface area is 417 Å². The Hall–Kier alpha value is -5.02. The largest absolute Gasteiger partial charge is 0.311 e. The molecule has 0 unspecified atom stereocenters. The molecule has 3 aliphatic carbocycles. The molecule has 2 nitrogen and oxygen atoms in total. The van der Waals surface area contributed by atoms with E-state index in [1.807, 2.05) is 0 Å². The minimum atomic E-state index is -0.211. The molecule has 0 spiro atoms.